The number of anilines is 1. The van der Waals surface area contributed by atoms with Gasteiger partial charge in [0.15, 0.2) is 0 Å². The van der Waals surface area contributed by atoms with Gasteiger partial charge in [0, 0.05) is 18.4 Å². The molecule has 2 aromatic rings. The predicted octanol–water partition coefficient (Wildman–Crippen LogP) is 3.74. The number of halogens is 4. The van der Waals surface area contributed by atoms with Crippen molar-refractivity contribution in [2.45, 2.75) is 13.1 Å². The van der Waals surface area contributed by atoms with Crippen LogP contribution in [0.15, 0.2) is 30.3 Å². The van der Waals surface area contributed by atoms with Gasteiger partial charge in [0.2, 0.25) is 0 Å². The molecule has 0 atom stereocenters. The number of aromatic nitrogens is 1. The van der Waals surface area contributed by atoms with Crippen LogP contribution in [0.3, 0.4) is 0 Å². The van der Waals surface area contributed by atoms with E-state index < -0.39 is 23.5 Å². The van der Waals surface area contributed by atoms with Crippen LogP contribution in [0.1, 0.15) is 21.7 Å². The molecule has 0 aliphatic rings. The maximum Gasteiger partial charge on any atom is 0.419 e. The Morgan fingerprint density at radius 2 is 1.86 bits per heavy atom. The minimum absolute atomic E-state index is 0.118. The van der Waals surface area contributed by atoms with Crippen LogP contribution in [0.25, 0.3) is 0 Å². The second-order valence-corrected chi connectivity index (χ2v) is 4.57. The highest BCUT2D eigenvalue weighted by Gasteiger charge is 2.34. The van der Waals surface area contributed by atoms with Crippen molar-refractivity contribution in [1.82, 2.24) is 4.57 Å². The number of carbonyl (C=O) groups excluding carboxylic acids is 1. The lowest BCUT2D eigenvalue weighted by molar-refractivity contribution is -0.139. The predicted molar refractivity (Wildman–Crippen MR) is 69.5 cm³/mol. The molecule has 21 heavy (non-hydrogen) atoms. The highest BCUT2D eigenvalue weighted by Crippen LogP contribution is 2.33. The molecule has 0 radical (unpaired) electrons. The molecular formula is C14H12F4N2O. The Kier molecular flexibility index (Phi) is 3.76. The zero-order chi connectivity index (χ0) is 15.8. The van der Waals surface area contributed by atoms with Gasteiger partial charge in [0.1, 0.15) is 11.5 Å². The highest BCUT2D eigenvalue weighted by atomic mass is 19.4. The van der Waals surface area contributed by atoms with Crippen LogP contribution in [0.2, 0.25) is 0 Å². The molecule has 0 saturated carbocycles. The van der Waals surface area contributed by atoms with E-state index in [1.165, 1.54) is 0 Å². The largest absolute Gasteiger partial charge is 0.419 e. The molecule has 112 valence electrons. The molecule has 7 heteroatoms. The van der Waals surface area contributed by atoms with Crippen molar-refractivity contribution in [3.05, 3.63) is 53.1 Å². The van der Waals surface area contributed by atoms with Crippen molar-refractivity contribution in [2.75, 3.05) is 5.32 Å². The van der Waals surface area contributed by atoms with Gasteiger partial charge in [-0.15, -0.1) is 0 Å². The Labute approximate surface area is 118 Å². The van der Waals surface area contributed by atoms with E-state index in [9.17, 15) is 22.4 Å². The third-order valence-corrected chi connectivity index (χ3v) is 3.14. The average molecular weight is 300 g/mol. The van der Waals surface area contributed by atoms with Crippen molar-refractivity contribution in [3.63, 3.8) is 0 Å². The number of rotatable bonds is 2. The molecule has 2 rings (SSSR count). The first-order chi connectivity index (χ1) is 9.70. The van der Waals surface area contributed by atoms with Crippen LogP contribution in [-0.4, -0.2) is 10.5 Å². The number of alkyl halides is 3. The first-order valence-electron chi connectivity index (χ1n) is 6.00. The molecule has 0 spiro atoms. The van der Waals surface area contributed by atoms with Gasteiger partial charge in [-0.1, -0.05) is 0 Å². The van der Waals surface area contributed by atoms with E-state index in [1.807, 2.05) is 0 Å². The molecule has 0 aliphatic heterocycles. The number of hydrogen-bond acceptors (Lipinski definition) is 1. The smallest absolute Gasteiger partial charge is 0.344 e. The van der Waals surface area contributed by atoms with Crippen LogP contribution >= 0.6 is 0 Å². The molecule has 1 aromatic heterocycles. The summed E-state index contributed by atoms with van der Waals surface area (Å²) in [4.78, 5) is 12.0. The topological polar surface area (TPSA) is 34.0 Å². The summed E-state index contributed by atoms with van der Waals surface area (Å²) < 4.78 is 52.6. The van der Waals surface area contributed by atoms with E-state index in [2.05, 4.69) is 5.32 Å². The molecule has 0 bridgehead atoms. The first-order valence-corrected chi connectivity index (χ1v) is 6.00. The fourth-order valence-electron chi connectivity index (χ4n) is 1.86. The zero-order valence-electron chi connectivity index (χ0n) is 11.3. The van der Waals surface area contributed by atoms with E-state index in [-0.39, 0.29) is 5.69 Å². The molecule has 3 nitrogen and oxygen atoms in total. The highest BCUT2D eigenvalue weighted by molar-refractivity contribution is 6.03. The summed E-state index contributed by atoms with van der Waals surface area (Å²) in [6.45, 7) is 1.79. The number of nitrogens with zero attached hydrogens (tertiary/aromatic N) is 1. The third-order valence-electron chi connectivity index (χ3n) is 3.14. The molecule has 0 unspecified atom stereocenters. The Hall–Kier alpha value is -2.31. The second-order valence-electron chi connectivity index (χ2n) is 4.57. The van der Waals surface area contributed by atoms with Crippen LogP contribution in [0.4, 0.5) is 23.2 Å². The van der Waals surface area contributed by atoms with Gasteiger partial charge in [-0.3, -0.25) is 4.79 Å². The summed E-state index contributed by atoms with van der Waals surface area (Å²) in [7, 11) is 1.66. The van der Waals surface area contributed by atoms with Crippen molar-refractivity contribution in [1.29, 1.82) is 0 Å². The van der Waals surface area contributed by atoms with Gasteiger partial charge in [-0.05, 0) is 37.3 Å². The van der Waals surface area contributed by atoms with Crippen LogP contribution in [0, 0.1) is 12.7 Å². The molecule has 0 saturated heterocycles. The number of hydrogen-bond donors (Lipinski definition) is 1. The van der Waals surface area contributed by atoms with Crippen molar-refractivity contribution in [3.8, 4) is 0 Å². The minimum Gasteiger partial charge on any atom is -0.344 e. The fraction of sp³-hybridized carbons (Fsp3) is 0.214. The lowest BCUT2D eigenvalue weighted by atomic mass is 10.1. The molecule has 1 heterocycles. The summed E-state index contributed by atoms with van der Waals surface area (Å²) in [5.74, 6) is -1.94. The summed E-state index contributed by atoms with van der Waals surface area (Å²) in [6, 6.07) is 5.59. The van der Waals surface area contributed by atoms with E-state index in [1.54, 1.807) is 30.7 Å². The summed E-state index contributed by atoms with van der Waals surface area (Å²) in [6.07, 6.45) is -4.81. The summed E-state index contributed by atoms with van der Waals surface area (Å²) >= 11 is 0. The van der Waals surface area contributed by atoms with Crippen molar-refractivity contribution < 1.29 is 22.4 Å². The first kappa shape index (κ1) is 15.1. The lowest BCUT2D eigenvalue weighted by Gasteiger charge is -2.11. The van der Waals surface area contributed by atoms with Gasteiger partial charge in [0.25, 0.3) is 5.91 Å². The number of aryl methyl sites for hydroxylation is 1. The quantitative estimate of drug-likeness (QED) is 0.842. The Balaban J connectivity index is 2.28. The average Bonchev–Trinajstić information content (AvgIpc) is 2.71. The number of nitrogens with one attached hydrogen (secondary N) is 1. The second kappa shape index (κ2) is 5.23. The van der Waals surface area contributed by atoms with E-state index in [0.717, 1.165) is 11.8 Å². The lowest BCUT2D eigenvalue weighted by Crippen LogP contribution is -2.17. The SMILES string of the molecule is Cc1ccc(C(=O)Nc2ccc(F)c(C(F)(F)F)c2)n1C. The van der Waals surface area contributed by atoms with E-state index in [4.69, 9.17) is 0 Å². The van der Waals surface area contributed by atoms with Gasteiger partial charge >= 0.3 is 6.18 Å². The normalized spacial score (nSPS) is 11.5. The number of carbonyl (C=O) groups is 1. The third kappa shape index (κ3) is 3.07. The van der Waals surface area contributed by atoms with Crippen LogP contribution in [0.5, 0.6) is 0 Å². The molecule has 1 amide bonds. The number of amides is 1. The maximum absolute atomic E-state index is 13.2. The number of benzene rings is 1. The Morgan fingerprint density at radius 1 is 1.19 bits per heavy atom. The molecule has 1 aromatic carbocycles. The van der Waals surface area contributed by atoms with Gasteiger partial charge < -0.3 is 9.88 Å². The van der Waals surface area contributed by atoms with Crippen molar-refractivity contribution in [2.24, 2.45) is 7.05 Å². The van der Waals surface area contributed by atoms with Gasteiger partial charge in [0.05, 0.1) is 5.56 Å². The molecule has 0 fully saturated rings. The minimum atomic E-state index is -4.81. The summed E-state index contributed by atoms with van der Waals surface area (Å²) in [5.41, 5.74) is -0.406. The Bertz CT molecular complexity index is 689. The zero-order valence-corrected chi connectivity index (χ0v) is 11.3. The van der Waals surface area contributed by atoms with Crippen LogP contribution in [-0.2, 0) is 13.2 Å². The summed E-state index contributed by atoms with van der Waals surface area (Å²) in [5, 5.41) is 2.33. The molecule has 0 aliphatic carbocycles. The van der Waals surface area contributed by atoms with Crippen molar-refractivity contribution >= 4 is 11.6 Å². The molecular weight excluding hydrogens is 288 g/mol. The van der Waals surface area contributed by atoms with E-state index in [0.29, 0.717) is 17.8 Å². The molecule has 1 N–H and O–H groups in total. The monoisotopic (exact) mass is 300 g/mol. The standard InChI is InChI=1S/C14H12F4N2O/c1-8-3-6-12(20(8)2)13(21)19-9-4-5-11(15)10(7-9)14(16,17)18/h3-7H,1-2H3,(H,19,21). The Morgan fingerprint density at radius 3 is 2.38 bits per heavy atom. The van der Waals surface area contributed by atoms with Gasteiger partial charge in [-0.25, -0.2) is 4.39 Å². The van der Waals surface area contributed by atoms with Crippen LogP contribution < -0.4 is 5.32 Å². The maximum atomic E-state index is 13.2. The van der Waals surface area contributed by atoms with E-state index >= 15 is 0 Å². The fourth-order valence-corrected chi connectivity index (χ4v) is 1.86. The van der Waals surface area contributed by atoms with Gasteiger partial charge in [-0.2, -0.15) is 13.2 Å².